The van der Waals surface area contributed by atoms with Crippen molar-refractivity contribution in [3.05, 3.63) is 70.2 Å². The van der Waals surface area contributed by atoms with Gasteiger partial charge in [0, 0.05) is 5.75 Å². The first-order valence-electron chi connectivity index (χ1n) is 7.19. The fourth-order valence-electron chi connectivity index (χ4n) is 2.08. The molecular weight excluding hydrogens is 362 g/mol. The van der Waals surface area contributed by atoms with Crippen LogP contribution in [0.15, 0.2) is 52.9 Å². The maximum Gasteiger partial charge on any atom is 0.259 e. The minimum Gasteiger partial charge on any atom is -0.296 e. The summed E-state index contributed by atoms with van der Waals surface area (Å²) in [6.45, 7) is 2.07. The van der Waals surface area contributed by atoms with E-state index in [0.717, 1.165) is 10.1 Å². The average Bonchev–Trinajstić information content (AvgIpc) is 3.01. The molecule has 7 heteroatoms. The summed E-state index contributed by atoms with van der Waals surface area (Å²) in [5.41, 5.74) is 2.89. The molecule has 1 aromatic heterocycles. The number of aromatic nitrogens is 2. The molecule has 0 bridgehead atoms. The van der Waals surface area contributed by atoms with Gasteiger partial charge in [-0.25, -0.2) is 0 Å². The van der Waals surface area contributed by atoms with Crippen LogP contribution in [-0.4, -0.2) is 16.1 Å². The number of anilines is 1. The Morgan fingerprint density at radius 1 is 1.21 bits per heavy atom. The number of carbonyl (C=O) groups is 1. The molecule has 0 aliphatic carbocycles. The van der Waals surface area contributed by atoms with Crippen LogP contribution in [0.3, 0.4) is 0 Å². The quantitative estimate of drug-likeness (QED) is 0.501. The number of hydrogen-bond donors (Lipinski definition) is 1. The molecule has 1 heterocycles. The Morgan fingerprint density at radius 2 is 2.04 bits per heavy atom. The first-order valence-corrected chi connectivity index (χ1v) is 9.37. The van der Waals surface area contributed by atoms with E-state index in [9.17, 15) is 4.79 Å². The summed E-state index contributed by atoms with van der Waals surface area (Å²) in [6.07, 6.45) is 0. The maximum absolute atomic E-state index is 12.2. The molecule has 0 aliphatic rings. The van der Waals surface area contributed by atoms with Crippen LogP contribution < -0.4 is 5.32 Å². The van der Waals surface area contributed by atoms with Crippen LogP contribution in [0, 0.1) is 6.92 Å². The van der Waals surface area contributed by atoms with E-state index in [1.54, 1.807) is 36.0 Å². The van der Waals surface area contributed by atoms with Crippen LogP contribution in [0.5, 0.6) is 0 Å². The highest BCUT2D eigenvalue weighted by molar-refractivity contribution is 8.00. The van der Waals surface area contributed by atoms with E-state index in [1.807, 2.05) is 6.07 Å². The summed E-state index contributed by atoms with van der Waals surface area (Å²) >= 11 is 8.97. The first kappa shape index (κ1) is 17.0. The standard InChI is InChI=1S/C17H14ClN3OS2/c1-11-5-4-6-12(9-11)10-23-17-21-20-16(24-17)19-15(22)13-7-2-3-8-14(13)18/h2-9H,10H2,1H3,(H,19,20,22). The van der Waals surface area contributed by atoms with Crippen molar-refractivity contribution < 1.29 is 4.79 Å². The van der Waals surface area contributed by atoms with Gasteiger partial charge >= 0.3 is 0 Å². The zero-order chi connectivity index (χ0) is 16.9. The van der Waals surface area contributed by atoms with Crippen LogP contribution in [0.25, 0.3) is 0 Å². The molecule has 0 saturated heterocycles. The second-order valence-electron chi connectivity index (χ2n) is 5.08. The van der Waals surface area contributed by atoms with Gasteiger partial charge < -0.3 is 0 Å². The van der Waals surface area contributed by atoms with Gasteiger partial charge in [0.25, 0.3) is 5.91 Å². The molecule has 3 rings (SSSR count). The number of hydrogen-bond acceptors (Lipinski definition) is 5. The van der Waals surface area contributed by atoms with Gasteiger partial charge in [-0.15, -0.1) is 10.2 Å². The lowest BCUT2D eigenvalue weighted by Crippen LogP contribution is -2.12. The molecule has 0 aliphatic heterocycles. The molecule has 0 spiro atoms. The van der Waals surface area contributed by atoms with E-state index in [-0.39, 0.29) is 5.91 Å². The molecule has 122 valence electrons. The van der Waals surface area contributed by atoms with Gasteiger partial charge in [-0.3, -0.25) is 10.1 Å². The van der Waals surface area contributed by atoms with Gasteiger partial charge in [0.2, 0.25) is 5.13 Å². The molecule has 3 aromatic rings. The lowest BCUT2D eigenvalue weighted by Gasteiger charge is -2.02. The highest BCUT2D eigenvalue weighted by Crippen LogP contribution is 2.29. The second-order valence-corrected chi connectivity index (χ2v) is 7.69. The van der Waals surface area contributed by atoms with Crippen LogP contribution in [0.4, 0.5) is 5.13 Å². The van der Waals surface area contributed by atoms with Crippen LogP contribution in [0.1, 0.15) is 21.5 Å². The van der Waals surface area contributed by atoms with E-state index >= 15 is 0 Å². The van der Waals surface area contributed by atoms with E-state index in [0.29, 0.717) is 15.7 Å². The minimum absolute atomic E-state index is 0.285. The monoisotopic (exact) mass is 375 g/mol. The van der Waals surface area contributed by atoms with E-state index in [2.05, 4.69) is 40.6 Å². The maximum atomic E-state index is 12.2. The molecule has 0 unspecified atom stereocenters. The number of aryl methyl sites for hydroxylation is 1. The zero-order valence-corrected chi connectivity index (χ0v) is 15.2. The fraction of sp³-hybridized carbons (Fsp3) is 0.118. The number of nitrogens with zero attached hydrogens (tertiary/aromatic N) is 2. The van der Waals surface area contributed by atoms with Crippen molar-refractivity contribution in [3.8, 4) is 0 Å². The number of rotatable bonds is 5. The van der Waals surface area contributed by atoms with Crippen molar-refractivity contribution >= 4 is 45.7 Å². The highest BCUT2D eigenvalue weighted by atomic mass is 35.5. The summed E-state index contributed by atoms with van der Waals surface area (Å²) in [6, 6.07) is 15.2. The summed E-state index contributed by atoms with van der Waals surface area (Å²) in [4.78, 5) is 12.2. The summed E-state index contributed by atoms with van der Waals surface area (Å²) < 4.78 is 0.811. The van der Waals surface area contributed by atoms with Gasteiger partial charge in [-0.2, -0.15) is 0 Å². The van der Waals surface area contributed by atoms with E-state index in [4.69, 9.17) is 11.6 Å². The normalized spacial score (nSPS) is 10.6. The Hall–Kier alpha value is -1.89. The SMILES string of the molecule is Cc1cccc(CSc2nnc(NC(=O)c3ccccc3Cl)s2)c1. The second kappa shape index (κ2) is 7.79. The Morgan fingerprint density at radius 3 is 2.83 bits per heavy atom. The largest absolute Gasteiger partial charge is 0.296 e. The number of carbonyl (C=O) groups excluding carboxylic acids is 1. The summed E-state index contributed by atoms with van der Waals surface area (Å²) in [7, 11) is 0. The van der Waals surface area contributed by atoms with Gasteiger partial charge in [-0.1, -0.05) is 76.7 Å². The third kappa shape index (κ3) is 4.35. The van der Waals surface area contributed by atoms with Crippen molar-refractivity contribution in [2.45, 2.75) is 17.0 Å². The van der Waals surface area contributed by atoms with Crippen molar-refractivity contribution in [1.82, 2.24) is 10.2 Å². The summed E-state index contributed by atoms with van der Waals surface area (Å²) in [5.74, 6) is 0.529. The van der Waals surface area contributed by atoms with Crippen molar-refractivity contribution in [1.29, 1.82) is 0 Å². The number of amides is 1. The van der Waals surface area contributed by atoms with Crippen molar-refractivity contribution in [2.75, 3.05) is 5.32 Å². The van der Waals surface area contributed by atoms with Crippen LogP contribution >= 0.6 is 34.7 Å². The molecule has 0 fully saturated rings. The lowest BCUT2D eigenvalue weighted by molar-refractivity contribution is 0.102. The molecule has 1 N–H and O–H groups in total. The van der Waals surface area contributed by atoms with Crippen LogP contribution in [0.2, 0.25) is 5.02 Å². The van der Waals surface area contributed by atoms with Crippen LogP contribution in [-0.2, 0) is 5.75 Å². The van der Waals surface area contributed by atoms with E-state index in [1.165, 1.54) is 22.5 Å². The number of benzene rings is 2. The molecule has 4 nitrogen and oxygen atoms in total. The molecule has 0 radical (unpaired) electrons. The van der Waals surface area contributed by atoms with Crippen molar-refractivity contribution in [3.63, 3.8) is 0 Å². The molecule has 1 amide bonds. The third-order valence-corrected chi connectivity index (χ3v) is 5.56. The molecule has 2 aromatic carbocycles. The minimum atomic E-state index is -0.285. The van der Waals surface area contributed by atoms with Gasteiger partial charge in [0.1, 0.15) is 0 Å². The molecular formula is C17H14ClN3OS2. The van der Waals surface area contributed by atoms with Crippen molar-refractivity contribution in [2.24, 2.45) is 0 Å². The molecule has 24 heavy (non-hydrogen) atoms. The van der Waals surface area contributed by atoms with Gasteiger partial charge in [-0.05, 0) is 24.6 Å². The smallest absolute Gasteiger partial charge is 0.259 e. The van der Waals surface area contributed by atoms with Gasteiger partial charge in [0.05, 0.1) is 10.6 Å². The Labute approximate surface area is 153 Å². The predicted octanol–water partition coefficient (Wildman–Crippen LogP) is 5.04. The van der Waals surface area contributed by atoms with E-state index < -0.39 is 0 Å². The Kier molecular flexibility index (Phi) is 5.50. The third-order valence-electron chi connectivity index (χ3n) is 3.19. The number of nitrogens with one attached hydrogen (secondary N) is 1. The number of thioether (sulfide) groups is 1. The molecule has 0 atom stereocenters. The zero-order valence-electron chi connectivity index (χ0n) is 12.8. The highest BCUT2D eigenvalue weighted by Gasteiger charge is 2.13. The summed E-state index contributed by atoms with van der Waals surface area (Å²) in [5, 5.41) is 11.7. The van der Waals surface area contributed by atoms with Gasteiger partial charge in [0.15, 0.2) is 4.34 Å². The fourth-order valence-corrected chi connectivity index (χ4v) is 3.99. The average molecular weight is 376 g/mol. The first-order chi connectivity index (χ1) is 11.6. The molecule has 0 saturated carbocycles. The Bertz CT molecular complexity index is 866. The number of halogens is 1. The topological polar surface area (TPSA) is 54.9 Å². The Balaban J connectivity index is 1.61. The lowest BCUT2D eigenvalue weighted by atomic mass is 10.2. The predicted molar refractivity (Wildman–Crippen MR) is 100 cm³/mol.